The molecule has 0 aliphatic rings. The normalized spacial score (nSPS) is 11.0. The molecule has 0 aromatic heterocycles. The Morgan fingerprint density at radius 1 is 0.950 bits per heavy atom. The van der Waals surface area contributed by atoms with Gasteiger partial charge in [0.1, 0.15) is 5.82 Å². The Bertz CT molecular complexity index is 537. The highest BCUT2D eigenvalue weighted by Crippen LogP contribution is 2.12. The molecule has 20 heavy (non-hydrogen) atoms. The highest BCUT2D eigenvalue weighted by molar-refractivity contribution is 5.23. The maximum absolute atomic E-state index is 13.6. The summed E-state index contributed by atoms with van der Waals surface area (Å²) < 4.78 is 13.6. The Hall–Kier alpha value is -1.71. The average Bonchev–Trinajstić information content (AvgIpc) is 2.44. The third-order valence-corrected chi connectivity index (χ3v) is 3.31. The van der Waals surface area contributed by atoms with Crippen LogP contribution in [0.15, 0.2) is 48.5 Å². The van der Waals surface area contributed by atoms with Gasteiger partial charge in [0.15, 0.2) is 0 Å². The van der Waals surface area contributed by atoms with Crippen molar-refractivity contribution in [3.05, 3.63) is 71.0 Å². The van der Waals surface area contributed by atoms with Crippen molar-refractivity contribution in [2.75, 3.05) is 13.6 Å². The van der Waals surface area contributed by atoms with E-state index in [-0.39, 0.29) is 5.82 Å². The van der Waals surface area contributed by atoms with Crippen molar-refractivity contribution in [1.82, 2.24) is 4.90 Å². The van der Waals surface area contributed by atoms with Gasteiger partial charge in [-0.1, -0.05) is 42.5 Å². The van der Waals surface area contributed by atoms with Crippen LogP contribution in [0, 0.1) is 5.82 Å². The number of hydrogen-bond donors (Lipinski definition) is 1. The molecule has 2 N–H and O–H groups in total. The predicted molar refractivity (Wildman–Crippen MR) is 80.8 cm³/mol. The molecule has 0 bridgehead atoms. The second-order valence-corrected chi connectivity index (χ2v) is 5.12. The Labute approximate surface area is 120 Å². The van der Waals surface area contributed by atoms with E-state index in [0.29, 0.717) is 13.1 Å². The summed E-state index contributed by atoms with van der Waals surface area (Å²) in [4.78, 5) is 2.11. The minimum Gasteiger partial charge on any atom is -0.330 e. The van der Waals surface area contributed by atoms with E-state index in [9.17, 15) is 4.39 Å². The van der Waals surface area contributed by atoms with Crippen LogP contribution in [0.1, 0.15) is 16.7 Å². The van der Waals surface area contributed by atoms with Gasteiger partial charge in [-0.25, -0.2) is 4.39 Å². The molecule has 0 aliphatic heterocycles. The average molecular weight is 272 g/mol. The van der Waals surface area contributed by atoms with Crippen molar-refractivity contribution in [2.45, 2.75) is 19.5 Å². The van der Waals surface area contributed by atoms with Gasteiger partial charge in [-0.05, 0) is 37.2 Å². The molecular formula is C17H21FN2. The number of rotatable bonds is 6. The first-order valence-electron chi connectivity index (χ1n) is 6.89. The highest BCUT2D eigenvalue weighted by atomic mass is 19.1. The van der Waals surface area contributed by atoms with E-state index in [0.717, 1.165) is 18.5 Å². The lowest BCUT2D eigenvalue weighted by Gasteiger charge is -2.17. The van der Waals surface area contributed by atoms with Crippen LogP contribution in [0.5, 0.6) is 0 Å². The molecule has 0 saturated heterocycles. The van der Waals surface area contributed by atoms with E-state index in [1.54, 1.807) is 6.07 Å². The number of nitrogens with two attached hydrogens (primary N) is 1. The fourth-order valence-electron chi connectivity index (χ4n) is 2.26. The SMILES string of the molecule is CN(Cc1ccc(CCN)cc1)Cc1ccccc1F. The Morgan fingerprint density at radius 2 is 1.60 bits per heavy atom. The van der Waals surface area contributed by atoms with E-state index < -0.39 is 0 Å². The second-order valence-electron chi connectivity index (χ2n) is 5.12. The van der Waals surface area contributed by atoms with Crippen LogP contribution < -0.4 is 5.73 Å². The van der Waals surface area contributed by atoms with Crippen LogP contribution in [0.25, 0.3) is 0 Å². The van der Waals surface area contributed by atoms with Gasteiger partial charge in [0.2, 0.25) is 0 Å². The molecule has 0 fully saturated rings. The second kappa shape index (κ2) is 7.17. The molecule has 0 amide bonds. The van der Waals surface area contributed by atoms with Gasteiger partial charge in [0, 0.05) is 18.7 Å². The molecule has 0 atom stereocenters. The monoisotopic (exact) mass is 272 g/mol. The van der Waals surface area contributed by atoms with Crippen LogP contribution in [0.3, 0.4) is 0 Å². The summed E-state index contributed by atoms with van der Waals surface area (Å²) in [5, 5.41) is 0. The predicted octanol–water partition coefficient (Wildman–Crippen LogP) is 2.96. The van der Waals surface area contributed by atoms with Gasteiger partial charge >= 0.3 is 0 Å². The minimum absolute atomic E-state index is 0.141. The summed E-state index contributed by atoms with van der Waals surface area (Å²) in [6.45, 7) is 2.08. The van der Waals surface area contributed by atoms with Crippen LogP contribution >= 0.6 is 0 Å². The van der Waals surface area contributed by atoms with Gasteiger partial charge in [0.25, 0.3) is 0 Å². The zero-order valence-electron chi connectivity index (χ0n) is 11.8. The lowest BCUT2D eigenvalue weighted by Crippen LogP contribution is -2.18. The van der Waals surface area contributed by atoms with Gasteiger partial charge in [-0.3, -0.25) is 4.90 Å². The smallest absolute Gasteiger partial charge is 0.127 e. The van der Waals surface area contributed by atoms with E-state index in [1.165, 1.54) is 17.2 Å². The lowest BCUT2D eigenvalue weighted by molar-refractivity contribution is 0.313. The number of halogens is 1. The zero-order chi connectivity index (χ0) is 14.4. The summed E-state index contributed by atoms with van der Waals surface area (Å²) in [6, 6.07) is 15.4. The molecular weight excluding hydrogens is 251 g/mol. The van der Waals surface area contributed by atoms with Crippen molar-refractivity contribution < 1.29 is 4.39 Å². The topological polar surface area (TPSA) is 29.3 Å². The number of nitrogens with zero attached hydrogens (tertiary/aromatic N) is 1. The fourth-order valence-corrected chi connectivity index (χ4v) is 2.26. The quantitative estimate of drug-likeness (QED) is 0.876. The molecule has 2 rings (SSSR count). The minimum atomic E-state index is -0.141. The first-order valence-corrected chi connectivity index (χ1v) is 6.89. The molecule has 0 aliphatic carbocycles. The number of hydrogen-bond acceptors (Lipinski definition) is 2. The highest BCUT2D eigenvalue weighted by Gasteiger charge is 2.05. The van der Waals surface area contributed by atoms with Crippen molar-refractivity contribution in [2.24, 2.45) is 5.73 Å². The molecule has 2 nitrogen and oxygen atoms in total. The van der Waals surface area contributed by atoms with Crippen LogP contribution in [-0.2, 0) is 19.5 Å². The number of benzene rings is 2. The third kappa shape index (κ3) is 4.15. The maximum atomic E-state index is 13.6. The Kier molecular flexibility index (Phi) is 5.27. The van der Waals surface area contributed by atoms with E-state index in [1.807, 2.05) is 19.2 Å². The van der Waals surface area contributed by atoms with E-state index in [4.69, 9.17) is 5.73 Å². The Balaban J connectivity index is 1.94. The first-order chi connectivity index (χ1) is 9.69. The van der Waals surface area contributed by atoms with Crippen molar-refractivity contribution in [3.8, 4) is 0 Å². The molecule has 106 valence electrons. The first kappa shape index (κ1) is 14.7. The van der Waals surface area contributed by atoms with Crippen molar-refractivity contribution in [3.63, 3.8) is 0 Å². The summed E-state index contributed by atoms with van der Waals surface area (Å²) >= 11 is 0. The summed E-state index contributed by atoms with van der Waals surface area (Å²) in [5.74, 6) is -0.141. The van der Waals surface area contributed by atoms with Crippen LogP contribution in [0.2, 0.25) is 0 Å². The molecule has 0 saturated carbocycles. The fraction of sp³-hybridized carbons (Fsp3) is 0.294. The standard InChI is InChI=1S/C17H21FN2/c1-20(13-16-4-2-3-5-17(16)18)12-15-8-6-14(7-9-15)10-11-19/h2-9H,10-13,19H2,1H3. The van der Waals surface area contributed by atoms with Crippen LogP contribution in [-0.4, -0.2) is 18.5 Å². The zero-order valence-corrected chi connectivity index (χ0v) is 11.8. The van der Waals surface area contributed by atoms with Gasteiger partial charge in [-0.15, -0.1) is 0 Å². The largest absolute Gasteiger partial charge is 0.330 e. The third-order valence-electron chi connectivity index (χ3n) is 3.31. The molecule has 0 radical (unpaired) electrons. The van der Waals surface area contributed by atoms with Gasteiger partial charge in [-0.2, -0.15) is 0 Å². The molecule has 3 heteroatoms. The van der Waals surface area contributed by atoms with Crippen molar-refractivity contribution >= 4 is 0 Å². The summed E-state index contributed by atoms with van der Waals surface area (Å²) in [5.41, 5.74) is 8.75. The molecule has 2 aromatic carbocycles. The summed E-state index contributed by atoms with van der Waals surface area (Å²) in [6.07, 6.45) is 0.908. The molecule has 0 heterocycles. The summed E-state index contributed by atoms with van der Waals surface area (Å²) in [7, 11) is 2.00. The van der Waals surface area contributed by atoms with Gasteiger partial charge < -0.3 is 5.73 Å². The molecule has 0 spiro atoms. The lowest BCUT2D eigenvalue weighted by atomic mass is 10.1. The molecule has 0 unspecified atom stereocenters. The van der Waals surface area contributed by atoms with Gasteiger partial charge in [0.05, 0.1) is 0 Å². The maximum Gasteiger partial charge on any atom is 0.127 e. The van der Waals surface area contributed by atoms with Crippen molar-refractivity contribution in [1.29, 1.82) is 0 Å². The van der Waals surface area contributed by atoms with Crippen LogP contribution in [0.4, 0.5) is 4.39 Å². The van der Waals surface area contributed by atoms with E-state index >= 15 is 0 Å². The Morgan fingerprint density at radius 3 is 2.25 bits per heavy atom. The van der Waals surface area contributed by atoms with E-state index in [2.05, 4.69) is 29.2 Å². The molecule has 2 aromatic rings.